The molecule has 56 valence electrons. The summed E-state index contributed by atoms with van der Waals surface area (Å²) in [5, 5.41) is 1.98. The molecule has 0 aliphatic heterocycles. The van der Waals surface area contributed by atoms with E-state index in [-0.39, 0.29) is 6.04 Å². The topological polar surface area (TPSA) is 38.9 Å². The standard InChI is InChI=1S/C6H10N2S2/c1-5(7)4-10-6-8-2-3-9-6/h2-3,5H,4,7H2,1H3/t5-/m1/s1. The van der Waals surface area contributed by atoms with Crippen LogP contribution in [0.2, 0.25) is 0 Å². The monoisotopic (exact) mass is 174 g/mol. The van der Waals surface area contributed by atoms with Crippen molar-refractivity contribution in [3.8, 4) is 0 Å². The lowest BCUT2D eigenvalue weighted by molar-refractivity contribution is 0.847. The Hall–Kier alpha value is -0.0600. The van der Waals surface area contributed by atoms with Gasteiger partial charge in [0.05, 0.1) is 0 Å². The molecule has 4 heteroatoms. The van der Waals surface area contributed by atoms with Crippen molar-refractivity contribution in [3.63, 3.8) is 0 Å². The van der Waals surface area contributed by atoms with Crippen molar-refractivity contribution in [1.29, 1.82) is 0 Å². The van der Waals surface area contributed by atoms with Crippen molar-refractivity contribution < 1.29 is 0 Å². The summed E-state index contributed by atoms with van der Waals surface area (Å²) in [5.41, 5.74) is 5.57. The molecule has 1 atom stereocenters. The van der Waals surface area contributed by atoms with Crippen LogP contribution in [0.15, 0.2) is 15.9 Å². The van der Waals surface area contributed by atoms with Crippen LogP contribution >= 0.6 is 23.1 Å². The fraction of sp³-hybridized carbons (Fsp3) is 0.500. The second kappa shape index (κ2) is 3.95. The minimum Gasteiger partial charge on any atom is -0.327 e. The Morgan fingerprint density at radius 3 is 3.20 bits per heavy atom. The molecule has 1 aromatic heterocycles. The van der Waals surface area contributed by atoms with Gasteiger partial charge in [0.25, 0.3) is 0 Å². The van der Waals surface area contributed by atoms with Crippen molar-refractivity contribution in [3.05, 3.63) is 11.6 Å². The van der Waals surface area contributed by atoms with Crippen LogP contribution in [0.5, 0.6) is 0 Å². The Bertz CT molecular complexity index is 172. The first-order valence-electron chi connectivity index (χ1n) is 3.07. The molecular weight excluding hydrogens is 164 g/mol. The van der Waals surface area contributed by atoms with Gasteiger partial charge < -0.3 is 5.73 Å². The zero-order chi connectivity index (χ0) is 7.40. The summed E-state index contributed by atoms with van der Waals surface area (Å²) in [6, 6.07) is 0.258. The van der Waals surface area contributed by atoms with Gasteiger partial charge in [0.2, 0.25) is 0 Å². The molecule has 10 heavy (non-hydrogen) atoms. The molecule has 0 saturated heterocycles. The minimum atomic E-state index is 0.258. The molecule has 0 fully saturated rings. The van der Waals surface area contributed by atoms with Crippen LogP contribution in [0.25, 0.3) is 0 Å². The summed E-state index contributed by atoms with van der Waals surface area (Å²) < 4.78 is 1.11. The molecule has 1 rings (SSSR count). The quantitative estimate of drug-likeness (QED) is 0.707. The van der Waals surface area contributed by atoms with E-state index in [1.165, 1.54) is 0 Å². The number of rotatable bonds is 3. The van der Waals surface area contributed by atoms with Crippen LogP contribution in [0, 0.1) is 0 Å². The maximum absolute atomic E-state index is 5.57. The maximum Gasteiger partial charge on any atom is 0.149 e. The van der Waals surface area contributed by atoms with E-state index in [0.29, 0.717) is 0 Å². The lowest BCUT2D eigenvalue weighted by Crippen LogP contribution is -2.17. The molecule has 0 bridgehead atoms. The van der Waals surface area contributed by atoms with Crippen molar-refractivity contribution >= 4 is 23.1 Å². The zero-order valence-electron chi connectivity index (χ0n) is 5.78. The van der Waals surface area contributed by atoms with Gasteiger partial charge in [-0.25, -0.2) is 4.98 Å². The molecule has 0 saturated carbocycles. The van der Waals surface area contributed by atoms with Gasteiger partial charge in [0.15, 0.2) is 0 Å². The van der Waals surface area contributed by atoms with Gasteiger partial charge in [-0.15, -0.1) is 11.3 Å². The van der Waals surface area contributed by atoms with E-state index in [9.17, 15) is 0 Å². The lowest BCUT2D eigenvalue weighted by Gasteiger charge is -1.99. The van der Waals surface area contributed by atoms with Crippen LogP contribution in [-0.4, -0.2) is 16.8 Å². The van der Waals surface area contributed by atoms with E-state index < -0.39 is 0 Å². The van der Waals surface area contributed by atoms with E-state index in [2.05, 4.69) is 4.98 Å². The van der Waals surface area contributed by atoms with E-state index >= 15 is 0 Å². The SMILES string of the molecule is C[C@@H](N)CSc1nccs1. The molecular formula is C6H10N2S2. The fourth-order valence-corrected chi connectivity index (χ4v) is 2.03. The number of thiazole rings is 1. The van der Waals surface area contributed by atoms with Crippen molar-refractivity contribution in [1.82, 2.24) is 4.98 Å². The van der Waals surface area contributed by atoms with E-state index in [4.69, 9.17) is 5.73 Å². The van der Waals surface area contributed by atoms with Crippen molar-refractivity contribution in [2.24, 2.45) is 5.73 Å². The number of nitrogens with two attached hydrogens (primary N) is 1. The summed E-state index contributed by atoms with van der Waals surface area (Å²) in [4.78, 5) is 4.11. The molecule has 0 radical (unpaired) electrons. The molecule has 0 amide bonds. The molecule has 0 aliphatic carbocycles. The van der Waals surface area contributed by atoms with Crippen LogP contribution in [0.1, 0.15) is 6.92 Å². The normalized spacial score (nSPS) is 13.4. The first kappa shape index (κ1) is 8.04. The predicted molar refractivity (Wildman–Crippen MR) is 46.5 cm³/mol. The molecule has 0 unspecified atom stereocenters. The van der Waals surface area contributed by atoms with Crippen molar-refractivity contribution in [2.75, 3.05) is 5.75 Å². The fourth-order valence-electron chi connectivity index (χ4n) is 0.484. The largest absolute Gasteiger partial charge is 0.327 e. The van der Waals surface area contributed by atoms with E-state index in [1.54, 1.807) is 23.1 Å². The third-order valence-electron chi connectivity index (χ3n) is 0.879. The Morgan fingerprint density at radius 1 is 1.90 bits per heavy atom. The Labute approximate surface area is 68.8 Å². The first-order valence-corrected chi connectivity index (χ1v) is 4.93. The average Bonchev–Trinajstić information content (AvgIpc) is 2.34. The minimum absolute atomic E-state index is 0.258. The first-order chi connectivity index (χ1) is 4.79. The second-order valence-corrected chi connectivity index (χ2v) is 4.25. The van der Waals surface area contributed by atoms with E-state index in [1.807, 2.05) is 18.5 Å². The molecule has 2 N–H and O–H groups in total. The average molecular weight is 174 g/mol. The number of nitrogens with zero attached hydrogens (tertiary/aromatic N) is 1. The summed E-state index contributed by atoms with van der Waals surface area (Å²) >= 11 is 3.38. The molecule has 0 aliphatic rings. The third kappa shape index (κ3) is 2.68. The highest BCUT2D eigenvalue weighted by Gasteiger charge is 1.97. The van der Waals surface area contributed by atoms with Crippen LogP contribution in [0.3, 0.4) is 0 Å². The van der Waals surface area contributed by atoms with Gasteiger partial charge in [-0.3, -0.25) is 0 Å². The third-order valence-corrected chi connectivity index (χ3v) is 3.13. The predicted octanol–water partition coefficient (Wildman–Crippen LogP) is 1.58. The summed E-state index contributed by atoms with van der Waals surface area (Å²) in [5.74, 6) is 0.952. The van der Waals surface area contributed by atoms with Crippen molar-refractivity contribution in [2.45, 2.75) is 17.3 Å². The van der Waals surface area contributed by atoms with Gasteiger partial charge in [-0.1, -0.05) is 11.8 Å². The lowest BCUT2D eigenvalue weighted by atomic mass is 10.4. The number of aromatic nitrogens is 1. The van der Waals surface area contributed by atoms with Crippen LogP contribution in [0.4, 0.5) is 0 Å². The smallest absolute Gasteiger partial charge is 0.149 e. The van der Waals surface area contributed by atoms with Gasteiger partial charge in [-0.2, -0.15) is 0 Å². The number of hydrogen-bond donors (Lipinski definition) is 1. The summed E-state index contributed by atoms with van der Waals surface area (Å²) in [6.45, 7) is 2.00. The summed E-state index contributed by atoms with van der Waals surface area (Å²) in [6.07, 6.45) is 1.81. The van der Waals surface area contributed by atoms with Crippen LogP contribution < -0.4 is 5.73 Å². The molecule has 2 nitrogen and oxygen atoms in total. The van der Waals surface area contributed by atoms with Gasteiger partial charge in [0, 0.05) is 23.4 Å². The van der Waals surface area contributed by atoms with Gasteiger partial charge in [0.1, 0.15) is 4.34 Å². The Kier molecular flexibility index (Phi) is 3.18. The summed E-state index contributed by atoms with van der Waals surface area (Å²) in [7, 11) is 0. The highest BCUT2D eigenvalue weighted by atomic mass is 32.2. The van der Waals surface area contributed by atoms with Gasteiger partial charge in [-0.05, 0) is 6.92 Å². The molecule has 0 aromatic carbocycles. The Balaban J connectivity index is 2.28. The zero-order valence-corrected chi connectivity index (χ0v) is 7.41. The number of hydrogen-bond acceptors (Lipinski definition) is 4. The van der Waals surface area contributed by atoms with Gasteiger partial charge >= 0.3 is 0 Å². The molecule has 1 aromatic rings. The molecule has 0 spiro atoms. The maximum atomic E-state index is 5.57. The van der Waals surface area contributed by atoms with E-state index in [0.717, 1.165) is 10.1 Å². The Morgan fingerprint density at radius 2 is 2.70 bits per heavy atom. The number of thioether (sulfide) groups is 1. The highest BCUT2D eigenvalue weighted by molar-refractivity contribution is 8.01. The second-order valence-electron chi connectivity index (χ2n) is 2.09. The highest BCUT2D eigenvalue weighted by Crippen LogP contribution is 2.19. The van der Waals surface area contributed by atoms with Crippen LogP contribution in [-0.2, 0) is 0 Å². The molecule has 1 heterocycles.